The zero-order valence-corrected chi connectivity index (χ0v) is 12.6. The lowest BCUT2D eigenvalue weighted by Gasteiger charge is -2.16. The molecule has 4 heteroatoms. The Balaban J connectivity index is 1.70. The first-order chi connectivity index (χ1) is 10.8. The summed E-state index contributed by atoms with van der Waals surface area (Å²) in [4.78, 5) is 14.8. The molecule has 1 unspecified atom stereocenters. The lowest BCUT2D eigenvalue weighted by atomic mass is 9.97. The van der Waals surface area contributed by atoms with Crippen LogP contribution in [-0.2, 0) is 4.79 Å². The SMILES string of the molecule is O=C(O)C(NCCC1=CCCCC1)c1c[nH]c2ccccc12. The topological polar surface area (TPSA) is 65.1 Å². The number of nitrogens with one attached hydrogen (secondary N) is 2. The Morgan fingerprint density at radius 2 is 2.18 bits per heavy atom. The van der Waals surface area contributed by atoms with E-state index in [4.69, 9.17) is 0 Å². The normalized spacial score (nSPS) is 16.5. The van der Waals surface area contributed by atoms with Crippen molar-refractivity contribution in [3.05, 3.63) is 47.7 Å². The third-order valence-electron chi connectivity index (χ3n) is 4.36. The summed E-state index contributed by atoms with van der Waals surface area (Å²) >= 11 is 0. The van der Waals surface area contributed by atoms with Crippen LogP contribution < -0.4 is 5.32 Å². The molecule has 4 nitrogen and oxygen atoms in total. The molecule has 3 N–H and O–H groups in total. The van der Waals surface area contributed by atoms with Gasteiger partial charge < -0.3 is 15.4 Å². The maximum Gasteiger partial charge on any atom is 0.325 e. The number of hydrogen-bond acceptors (Lipinski definition) is 2. The molecule has 1 atom stereocenters. The predicted octanol–water partition coefficient (Wildman–Crippen LogP) is 3.77. The second-order valence-corrected chi connectivity index (χ2v) is 5.87. The molecular formula is C18H22N2O2. The predicted molar refractivity (Wildman–Crippen MR) is 87.8 cm³/mol. The van der Waals surface area contributed by atoms with Gasteiger partial charge in [-0.1, -0.05) is 29.8 Å². The smallest absolute Gasteiger partial charge is 0.325 e. The molecule has 0 radical (unpaired) electrons. The highest BCUT2D eigenvalue weighted by Gasteiger charge is 2.22. The first-order valence-electron chi connectivity index (χ1n) is 7.96. The van der Waals surface area contributed by atoms with Gasteiger partial charge in [0.05, 0.1) is 0 Å². The van der Waals surface area contributed by atoms with Crippen molar-refractivity contribution < 1.29 is 9.90 Å². The molecule has 1 aliphatic rings. The molecule has 0 aliphatic heterocycles. The summed E-state index contributed by atoms with van der Waals surface area (Å²) in [5, 5.41) is 13.7. The van der Waals surface area contributed by atoms with Crippen LogP contribution in [0.1, 0.15) is 43.7 Å². The first-order valence-corrected chi connectivity index (χ1v) is 7.96. The number of carbonyl (C=O) groups is 1. The number of benzene rings is 1. The van der Waals surface area contributed by atoms with Crippen LogP contribution in [0.25, 0.3) is 10.9 Å². The Labute approximate surface area is 130 Å². The van der Waals surface area contributed by atoms with Crippen molar-refractivity contribution in [2.75, 3.05) is 6.54 Å². The number of aromatic nitrogens is 1. The number of carboxylic acids is 1. The number of rotatable bonds is 6. The van der Waals surface area contributed by atoms with Crippen molar-refractivity contribution in [2.45, 2.75) is 38.1 Å². The molecule has 3 rings (SSSR count). The van der Waals surface area contributed by atoms with Crippen LogP contribution in [0.15, 0.2) is 42.1 Å². The maximum atomic E-state index is 11.6. The molecule has 2 aromatic rings. The van der Waals surface area contributed by atoms with Gasteiger partial charge in [-0.15, -0.1) is 0 Å². The molecule has 0 fully saturated rings. The van der Waals surface area contributed by atoms with Gasteiger partial charge in [0.25, 0.3) is 0 Å². The Bertz CT molecular complexity index is 687. The zero-order chi connectivity index (χ0) is 15.4. The van der Waals surface area contributed by atoms with Crippen molar-refractivity contribution in [3.63, 3.8) is 0 Å². The molecule has 0 saturated carbocycles. The highest BCUT2D eigenvalue weighted by Crippen LogP contribution is 2.25. The summed E-state index contributed by atoms with van der Waals surface area (Å²) in [5.74, 6) is -0.831. The summed E-state index contributed by atoms with van der Waals surface area (Å²) < 4.78 is 0. The lowest BCUT2D eigenvalue weighted by Crippen LogP contribution is -2.29. The summed E-state index contributed by atoms with van der Waals surface area (Å²) in [6, 6.07) is 7.14. The van der Waals surface area contributed by atoms with E-state index in [0.717, 1.165) is 29.3 Å². The highest BCUT2D eigenvalue weighted by molar-refractivity contribution is 5.89. The third-order valence-corrected chi connectivity index (χ3v) is 4.36. The van der Waals surface area contributed by atoms with E-state index in [1.807, 2.05) is 24.3 Å². The van der Waals surface area contributed by atoms with Crippen molar-refractivity contribution in [3.8, 4) is 0 Å². The Hall–Kier alpha value is -2.07. The number of aliphatic carboxylic acids is 1. The van der Waals surface area contributed by atoms with Gasteiger partial charge in [0.15, 0.2) is 0 Å². The van der Waals surface area contributed by atoms with Gasteiger partial charge in [-0.05, 0) is 44.7 Å². The molecule has 0 saturated heterocycles. The molecule has 1 aromatic carbocycles. The summed E-state index contributed by atoms with van der Waals surface area (Å²) in [5.41, 5.74) is 3.24. The van der Waals surface area contributed by atoms with E-state index in [1.54, 1.807) is 6.20 Å². The molecule has 0 amide bonds. The number of para-hydroxylation sites is 1. The fraction of sp³-hybridized carbons (Fsp3) is 0.389. The average Bonchev–Trinajstić information content (AvgIpc) is 2.96. The van der Waals surface area contributed by atoms with E-state index >= 15 is 0 Å². The van der Waals surface area contributed by atoms with Gasteiger partial charge in [0, 0.05) is 22.7 Å². The molecule has 1 aliphatic carbocycles. The van der Waals surface area contributed by atoms with Crippen molar-refractivity contribution >= 4 is 16.9 Å². The zero-order valence-electron chi connectivity index (χ0n) is 12.6. The minimum absolute atomic E-state index is 0.666. The van der Waals surface area contributed by atoms with Gasteiger partial charge >= 0.3 is 5.97 Å². The summed E-state index contributed by atoms with van der Waals surface area (Å²) in [6.45, 7) is 0.697. The van der Waals surface area contributed by atoms with Gasteiger partial charge in [-0.3, -0.25) is 4.79 Å². The van der Waals surface area contributed by atoms with Crippen LogP contribution >= 0.6 is 0 Å². The van der Waals surface area contributed by atoms with Crippen LogP contribution in [-0.4, -0.2) is 22.6 Å². The molecule has 0 bridgehead atoms. The highest BCUT2D eigenvalue weighted by atomic mass is 16.4. The van der Waals surface area contributed by atoms with E-state index in [1.165, 1.54) is 24.8 Å². The summed E-state index contributed by atoms with van der Waals surface area (Å²) in [6.07, 6.45) is 9.92. The van der Waals surface area contributed by atoms with E-state index in [-0.39, 0.29) is 0 Å². The van der Waals surface area contributed by atoms with Gasteiger partial charge in [-0.2, -0.15) is 0 Å². The first kappa shape index (κ1) is 14.9. The fourth-order valence-corrected chi connectivity index (χ4v) is 3.17. The van der Waals surface area contributed by atoms with Crippen LogP contribution in [0.4, 0.5) is 0 Å². The molecular weight excluding hydrogens is 276 g/mol. The quantitative estimate of drug-likeness (QED) is 0.711. The van der Waals surface area contributed by atoms with Crippen LogP contribution in [0.3, 0.4) is 0 Å². The number of aromatic amines is 1. The third kappa shape index (κ3) is 3.22. The van der Waals surface area contributed by atoms with Crippen LogP contribution in [0, 0.1) is 0 Å². The lowest BCUT2D eigenvalue weighted by molar-refractivity contribution is -0.139. The second-order valence-electron chi connectivity index (χ2n) is 5.87. The number of allylic oxidation sites excluding steroid dienone is 1. The van der Waals surface area contributed by atoms with Gasteiger partial charge in [0.2, 0.25) is 0 Å². The van der Waals surface area contributed by atoms with Crippen LogP contribution in [0.5, 0.6) is 0 Å². The molecule has 22 heavy (non-hydrogen) atoms. The minimum Gasteiger partial charge on any atom is -0.480 e. The van der Waals surface area contributed by atoms with Crippen molar-refractivity contribution in [2.24, 2.45) is 0 Å². The molecule has 116 valence electrons. The van der Waals surface area contributed by atoms with E-state index in [0.29, 0.717) is 6.54 Å². The Morgan fingerprint density at radius 3 is 2.95 bits per heavy atom. The van der Waals surface area contributed by atoms with Crippen molar-refractivity contribution in [1.29, 1.82) is 0 Å². The summed E-state index contributed by atoms with van der Waals surface area (Å²) in [7, 11) is 0. The van der Waals surface area contributed by atoms with E-state index < -0.39 is 12.0 Å². The largest absolute Gasteiger partial charge is 0.480 e. The minimum atomic E-state index is -0.831. The van der Waals surface area contributed by atoms with E-state index in [9.17, 15) is 9.90 Å². The maximum absolute atomic E-state index is 11.6. The standard InChI is InChI=1S/C18H22N2O2/c21-18(22)17(19-11-10-13-6-2-1-3-7-13)15-12-20-16-9-5-4-8-14(15)16/h4-6,8-9,12,17,19-20H,1-3,7,10-11H2,(H,21,22). The fourth-order valence-electron chi connectivity index (χ4n) is 3.17. The average molecular weight is 298 g/mol. The second kappa shape index (κ2) is 6.79. The number of hydrogen-bond donors (Lipinski definition) is 3. The number of carboxylic acid groups (broad SMARTS) is 1. The Kier molecular flexibility index (Phi) is 4.59. The van der Waals surface area contributed by atoms with Gasteiger partial charge in [-0.25, -0.2) is 0 Å². The molecule has 1 aromatic heterocycles. The monoisotopic (exact) mass is 298 g/mol. The molecule has 1 heterocycles. The van der Waals surface area contributed by atoms with Gasteiger partial charge in [0.1, 0.15) is 6.04 Å². The molecule has 0 spiro atoms. The number of H-pyrrole nitrogens is 1. The van der Waals surface area contributed by atoms with Crippen LogP contribution in [0.2, 0.25) is 0 Å². The Morgan fingerprint density at radius 1 is 1.32 bits per heavy atom. The van der Waals surface area contributed by atoms with E-state index in [2.05, 4.69) is 16.4 Å². The number of fused-ring (bicyclic) bond motifs is 1. The van der Waals surface area contributed by atoms with Crippen molar-refractivity contribution in [1.82, 2.24) is 10.3 Å².